The zero-order valence-electron chi connectivity index (χ0n) is 13.8. The topological polar surface area (TPSA) is 67.2 Å². The van der Waals surface area contributed by atoms with E-state index in [1.807, 2.05) is 0 Å². The van der Waals surface area contributed by atoms with Crippen molar-refractivity contribution in [2.24, 2.45) is 0 Å². The molecule has 1 N–H and O–H groups in total. The summed E-state index contributed by atoms with van der Waals surface area (Å²) in [6, 6.07) is 5.23. The number of nitrogens with one attached hydrogen (secondary N) is 1. The molecule has 138 valence electrons. The summed E-state index contributed by atoms with van der Waals surface area (Å²) < 4.78 is 39.0. The van der Waals surface area contributed by atoms with Gasteiger partial charge >= 0.3 is 6.18 Å². The summed E-state index contributed by atoms with van der Waals surface area (Å²) in [5.41, 5.74) is -2.14. The van der Waals surface area contributed by atoms with Gasteiger partial charge in [-0.05, 0) is 37.1 Å². The smallest absolute Gasteiger partial charge is 0.357 e. The third-order valence-corrected chi connectivity index (χ3v) is 4.10. The quantitative estimate of drug-likeness (QED) is 0.903. The van der Waals surface area contributed by atoms with Crippen molar-refractivity contribution in [1.82, 2.24) is 9.55 Å². The predicted octanol–water partition coefficient (Wildman–Crippen LogP) is 2.50. The summed E-state index contributed by atoms with van der Waals surface area (Å²) in [5.74, 6) is 0.205. The second-order valence-corrected chi connectivity index (χ2v) is 6.00. The van der Waals surface area contributed by atoms with E-state index in [-0.39, 0.29) is 0 Å². The first-order valence-electron chi connectivity index (χ1n) is 8.12. The number of pyridine rings is 2. The predicted molar refractivity (Wildman–Crippen MR) is 90.0 cm³/mol. The molecule has 3 heterocycles. The molecule has 0 unspecified atom stereocenters. The minimum absolute atomic E-state index is 0.415. The minimum Gasteiger partial charge on any atom is -0.357 e. The molecule has 1 saturated heterocycles. The molecule has 1 aliphatic rings. The Bertz CT molecular complexity index is 840. The van der Waals surface area contributed by atoms with Gasteiger partial charge in [-0.25, -0.2) is 4.98 Å². The number of hydrogen-bond donors (Lipinski definition) is 1. The molecule has 0 radical (unpaired) electrons. The lowest BCUT2D eigenvalue weighted by Crippen LogP contribution is -2.32. The number of carbonyl (C=O) groups is 1. The van der Waals surface area contributed by atoms with Crippen LogP contribution in [0, 0.1) is 0 Å². The van der Waals surface area contributed by atoms with Crippen LogP contribution < -0.4 is 15.8 Å². The Morgan fingerprint density at radius 1 is 1.19 bits per heavy atom. The zero-order chi connectivity index (χ0) is 18.7. The summed E-state index contributed by atoms with van der Waals surface area (Å²) in [5, 5.41) is 2.53. The summed E-state index contributed by atoms with van der Waals surface area (Å²) in [4.78, 5) is 30.3. The standard InChI is InChI=1S/C17H17F3N4O2/c18-17(19,20)13-4-3-9-24(16(13)26)11-15(25)22-12-5-6-14(21-10-12)23-7-1-2-8-23/h3-6,9-10H,1-2,7-8,11H2,(H,22,25). The van der Waals surface area contributed by atoms with Crippen LogP contribution in [0.3, 0.4) is 0 Å². The number of nitrogens with zero attached hydrogens (tertiary/aromatic N) is 3. The van der Waals surface area contributed by atoms with E-state index in [0.29, 0.717) is 11.8 Å². The van der Waals surface area contributed by atoms with E-state index in [9.17, 15) is 22.8 Å². The monoisotopic (exact) mass is 366 g/mol. The van der Waals surface area contributed by atoms with E-state index in [0.717, 1.165) is 48.6 Å². The van der Waals surface area contributed by atoms with Gasteiger partial charge in [0.25, 0.3) is 5.56 Å². The molecule has 1 amide bonds. The van der Waals surface area contributed by atoms with Crippen LogP contribution in [0.5, 0.6) is 0 Å². The first-order chi connectivity index (χ1) is 12.3. The number of rotatable bonds is 4. The second kappa shape index (κ2) is 7.19. The van der Waals surface area contributed by atoms with Crippen LogP contribution in [-0.4, -0.2) is 28.5 Å². The van der Waals surface area contributed by atoms with Gasteiger partial charge in [0.1, 0.15) is 17.9 Å². The molecule has 6 nitrogen and oxygen atoms in total. The van der Waals surface area contributed by atoms with E-state index in [2.05, 4.69) is 15.2 Å². The lowest BCUT2D eigenvalue weighted by atomic mass is 10.2. The Balaban J connectivity index is 1.67. The molecule has 0 spiro atoms. The Morgan fingerprint density at radius 2 is 1.92 bits per heavy atom. The van der Waals surface area contributed by atoms with Crippen LogP contribution in [-0.2, 0) is 17.5 Å². The van der Waals surface area contributed by atoms with Gasteiger partial charge in [-0.15, -0.1) is 0 Å². The van der Waals surface area contributed by atoms with Crippen molar-refractivity contribution >= 4 is 17.4 Å². The van der Waals surface area contributed by atoms with Gasteiger partial charge in [-0.1, -0.05) is 0 Å². The lowest BCUT2D eigenvalue weighted by Gasteiger charge is -2.16. The molecule has 3 rings (SSSR count). The van der Waals surface area contributed by atoms with Gasteiger partial charge in [-0.2, -0.15) is 13.2 Å². The van der Waals surface area contributed by atoms with Crippen molar-refractivity contribution in [2.45, 2.75) is 25.6 Å². The Morgan fingerprint density at radius 3 is 2.54 bits per heavy atom. The first-order valence-corrected chi connectivity index (χ1v) is 8.12. The van der Waals surface area contributed by atoms with Crippen molar-refractivity contribution in [2.75, 3.05) is 23.3 Å². The maximum absolute atomic E-state index is 12.8. The molecule has 9 heteroatoms. The van der Waals surface area contributed by atoms with Crippen molar-refractivity contribution in [3.05, 3.63) is 52.6 Å². The highest BCUT2D eigenvalue weighted by Gasteiger charge is 2.34. The number of hydrogen-bond acceptors (Lipinski definition) is 4. The number of anilines is 2. The molecule has 1 fully saturated rings. The van der Waals surface area contributed by atoms with Crippen LogP contribution in [0.25, 0.3) is 0 Å². The average Bonchev–Trinajstić information content (AvgIpc) is 3.11. The Kier molecular flexibility index (Phi) is 4.97. The van der Waals surface area contributed by atoms with Gasteiger partial charge in [0.05, 0.1) is 11.9 Å². The number of alkyl halides is 3. The molecule has 26 heavy (non-hydrogen) atoms. The third-order valence-electron chi connectivity index (χ3n) is 4.10. The SMILES string of the molecule is O=C(Cn1cccc(C(F)(F)F)c1=O)Nc1ccc(N2CCCC2)nc1. The number of carbonyl (C=O) groups excluding carboxylic acids is 1. The van der Waals surface area contributed by atoms with E-state index in [1.165, 1.54) is 6.20 Å². The summed E-state index contributed by atoms with van der Waals surface area (Å²) >= 11 is 0. The van der Waals surface area contributed by atoms with E-state index < -0.39 is 29.8 Å². The molecular weight excluding hydrogens is 349 g/mol. The van der Waals surface area contributed by atoms with Crippen LogP contribution >= 0.6 is 0 Å². The van der Waals surface area contributed by atoms with Crippen LogP contribution in [0.4, 0.5) is 24.7 Å². The molecular formula is C17H17F3N4O2. The van der Waals surface area contributed by atoms with E-state index in [4.69, 9.17) is 0 Å². The maximum atomic E-state index is 12.8. The summed E-state index contributed by atoms with van der Waals surface area (Å²) in [6.45, 7) is 1.37. The molecule has 2 aromatic heterocycles. The molecule has 1 aliphatic heterocycles. The normalized spacial score (nSPS) is 14.5. The molecule has 0 bridgehead atoms. The fraction of sp³-hybridized carbons (Fsp3) is 0.353. The van der Waals surface area contributed by atoms with Crippen LogP contribution in [0.1, 0.15) is 18.4 Å². The lowest BCUT2D eigenvalue weighted by molar-refractivity contribution is -0.139. The van der Waals surface area contributed by atoms with Crippen molar-refractivity contribution in [3.63, 3.8) is 0 Å². The van der Waals surface area contributed by atoms with Crippen LogP contribution in [0.2, 0.25) is 0 Å². The van der Waals surface area contributed by atoms with E-state index >= 15 is 0 Å². The summed E-state index contributed by atoms with van der Waals surface area (Å²) in [6.07, 6.45) is 0.107. The molecule has 2 aromatic rings. The maximum Gasteiger partial charge on any atom is 0.421 e. The van der Waals surface area contributed by atoms with E-state index in [1.54, 1.807) is 12.1 Å². The highest BCUT2D eigenvalue weighted by atomic mass is 19.4. The van der Waals surface area contributed by atoms with Gasteiger partial charge in [-0.3, -0.25) is 9.59 Å². The van der Waals surface area contributed by atoms with Gasteiger partial charge in [0, 0.05) is 19.3 Å². The van der Waals surface area contributed by atoms with Crippen LogP contribution in [0.15, 0.2) is 41.5 Å². The van der Waals surface area contributed by atoms with Gasteiger partial charge in [0.15, 0.2) is 0 Å². The highest BCUT2D eigenvalue weighted by molar-refractivity contribution is 5.90. The molecule has 0 aliphatic carbocycles. The second-order valence-electron chi connectivity index (χ2n) is 6.00. The number of amides is 1. The van der Waals surface area contributed by atoms with Crippen molar-refractivity contribution < 1.29 is 18.0 Å². The number of aromatic nitrogens is 2. The average molecular weight is 366 g/mol. The van der Waals surface area contributed by atoms with Crippen molar-refractivity contribution in [3.8, 4) is 0 Å². The third kappa shape index (κ3) is 4.04. The summed E-state index contributed by atoms with van der Waals surface area (Å²) in [7, 11) is 0. The molecule has 0 saturated carbocycles. The fourth-order valence-electron chi connectivity index (χ4n) is 2.83. The molecule has 0 aromatic carbocycles. The molecule has 0 atom stereocenters. The minimum atomic E-state index is -4.76. The highest BCUT2D eigenvalue weighted by Crippen LogP contribution is 2.26. The van der Waals surface area contributed by atoms with Crippen molar-refractivity contribution in [1.29, 1.82) is 0 Å². The first kappa shape index (κ1) is 18.0. The van der Waals surface area contributed by atoms with Gasteiger partial charge < -0.3 is 14.8 Å². The fourth-order valence-corrected chi connectivity index (χ4v) is 2.83. The number of halogens is 3. The Labute approximate surface area is 147 Å². The zero-order valence-corrected chi connectivity index (χ0v) is 13.8. The largest absolute Gasteiger partial charge is 0.421 e. The Hall–Kier alpha value is -2.84. The van der Waals surface area contributed by atoms with Gasteiger partial charge in [0.2, 0.25) is 5.91 Å².